The van der Waals surface area contributed by atoms with Crippen molar-refractivity contribution in [2.75, 3.05) is 19.6 Å². The number of likely N-dealkylation sites (tertiary alicyclic amines) is 1. The minimum absolute atomic E-state index is 0.700. The molecule has 3 nitrogen and oxygen atoms in total. The Morgan fingerprint density at radius 3 is 2.82 bits per heavy atom. The molecular weight excluding hydrogens is 230 g/mol. The Morgan fingerprint density at radius 2 is 2.24 bits per heavy atom. The van der Waals surface area contributed by atoms with Crippen LogP contribution in [0, 0.1) is 0 Å². The first-order chi connectivity index (χ1) is 8.25. The molecule has 2 heterocycles. The van der Waals surface area contributed by atoms with Crippen molar-refractivity contribution >= 4 is 11.3 Å². The van der Waals surface area contributed by atoms with Gasteiger partial charge in [0.1, 0.15) is 0 Å². The molecule has 1 aliphatic heterocycles. The molecule has 1 aromatic rings. The van der Waals surface area contributed by atoms with Gasteiger partial charge in [0.15, 0.2) is 0 Å². The Balaban J connectivity index is 1.62. The van der Waals surface area contributed by atoms with E-state index in [2.05, 4.69) is 34.4 Å². The van der Waals surface area contributed by atoms with Crippen molar-refractivity contribution in [3.8, 4) is 0 Å². The molecule has 0 atom stereocenters. The average molecular weight is 253 g/mol. The lowest BCUT2D eigenvalue weighted by molar-refractivity contribution is 0.161. The Bertz CT molecular complexity index is 302. The largest absolute Gasteiger partial charge is 0.313 e. The topological polar surface area (TPSA) is 28.2 Å². The van der Waals surface area contributed by atoms with Crippen LogP contribution in [0.5, 0.6) is 0 Å². The molecule has 0 unspecified atom stereocenters. The van der Waals surface area contributed by atoms with E-state index in [0.717, 1.165) is 13.0 Å². The van der Waals surface area contributed by atoms with E-state index >= 15 is 0 Å². The molecule has 1 aromatic heterocycles. The maximum absolute atomic E-state index is 4.30. The first-order valence-corrected chi connectivity index (χ1v) is 7.54. The van der Waals surface area contributed by atoms with Gasteiger partial charge in [0.05, 0.1) is 11.2 Å². The zero-order chi connectivity index (χ0) is 12.1. The Morgan fingerprint density at radius 1 is 1.47 bits per heavy atom. The summed E-state index contributed by atoms with van der Waals surface area (Å²) in [5.41, 5.74) is 3.14. The summed E-state index contributed by atoms with van der Waals surface area (Å²) in [7, 11) is 0. The van der Waals surface area contributed by atoms with Crippen molar-refractivity contribution < 1.29 is 0 Å². The first kappa shape index (κ1) is 13.0. The molecule has 1 fully saturated rings. The number of hydrogen-bond acceptors (Lipinski definition) is 4. The summed E-state index contributed by atoms with van der Waals surface area (Å²) in [6, 6.07) is 1.41. The summed E-state index contributed by atoms with van der Waals surface area (Å²) < 4.78 is 0. The minimum Gasteiger partial charge on any atom is -0.313 e. The highest BCUT2D eigenvalue weighted by Crippen LogP contribution is 2.12. The number of rotatable bonds is 5. The molecule has 1 aliphatic rings. The van der Waals surface area contributed by atoms with Crippen LogP contribution in [0.4, 0.5) is 0 Å². The predicted molar refractivity (Wildman–Crippen MR) is 73.6 cm³/mol. The van der Waals surface area contributed by atoms with E-state index in [4.69, 9.17) is 0 Å². The van der Waals surface area contributed by atoms with Crippen molar-refractivity contribution in [1.82, 2.24) is 15.2 Å². The monoisotopic (exact) mass is 253 g/mol. The lowest BCUT2D eigenvalue weighted by atomic mass is 10.0. The lowest BCUT2D eigenvalue weighted by Crippen LogP contribution is -2.45. The maximum Gasteiger partial charge on any atom is 0.0794 e. The summed E-state index contributed by atoms with van der Waals surface area (Å²) in [6.45, 7) is 8.13. The fourth-order valence-corrected chi connectivity index (χ4v) is 2.98. The van der Waals surface area contributed by atoms with E-state index in [1.54, 1.807) is 11.3 Å². The summed E-state index contributed by atoms with van der Waals surface area (Å²) in [4.78, 5) is 6.87. The minimum atomic E-state index is 0.700. The van der Waals surface area contributed by atoms with Gasteiger partial charge in [-0.3, -0.25) is 0 Å². The third-order valence-electron chi connectivity index (χ3n) is 3.56. The fraction of sp³-hybridized carbons (Fsp3) is 0.769. The van der Waals surface area contributed by atoms with Gasteiger partial charge >= 0.3 is 0 Å². The number of thiazole rings is 1. The fourth-order valence-electron chi connectivity index (χ4n) is 2.39. The van der Waals surface area contributed by atoms with Gasteiger partial charge in [-0.15, -0.1) is 11.3 Å². The van der Waals surface area contributed by atoms with Gasteiger partial charge in [0.25, 0.3) is 0 Å². The number of nitrogens with zero attached hydrogens (tertiary/aromatic N) is 2. The molecule has 0 amide bonds. The predicted octanol–water partition coefficient (Wildman–Crippen LogP) is 2.15. The summed E-state index contributed by atoms with van der Waals surface area (Å²) in [5, 5.41) is 5.80. The molecule has 0 bridgehead atoms. The van der Waals surface area contributed by atoms with E-state index in [9.17, 15) is 0 Å². The van der Waals surface area contributed by atoms with Crippen molar-refractivity contribution in [1.29, 1.82) is 0 Å². The van der Waals surface area contributed by atoms with Crippen LogP contribution < -0.4 is 5.32 Å². The second-order valence-corrected chi connectivity index (χ2v) is 5.81. The quantitative estimate of drug-likeness (QED) is 0.871. The van der Waals surface area contributed by atoms with Crippen molar-refractivity contribution in [2.45, 2.75) is 45.2 Å². The van der Waals surface area contributed by atoms with E-state index in [1.165, 1.54) is 31.6 Å². The molecule has 4 heteroatoms. The molecular formula is C13H23N3S. The molecule has 0 aliphatic carbocycles. The number of nitrogens with one attached hydrogen (secondary N) is 1. The number of piperidine rings is 1. The normalized spacial score (nSPS) is 19.0. The molecule has 17 heavy (non-hydrogen) atoms. The zero-order valence-corrected chi connectivity index (χ0v) is 11.7. The van der Waals surface area contributed by atoms with E-state index in [1.807, 2.05) is 5.51 Å². The van der Waals surface area contributed by atoms with Crippen LogP contribution in [0.3, 0.4) is 0 Å². The number of aromatic nitrogens is 1. The van der Waals surface area contributed by atoms with Gasteiger partial charge < -0.3 is 10.2 Å². The molecule has 0 radical (unpaired) electrons. The molecule has 0 aromatic carbocycles. The molecule has 2 rings (SSSR count). The van der Waals surface area contributed by atoms with Gasteiger partial charge in [-0.25, -0.2) is 4.98 Å². The number of hydrogen-bond donors (Lipinski definition) is 1. The van der Waals surface area contributed by atoms with Gasteiger partial charge in [-0.1, -0.05) is 0 Å². The van der Waals surface area contributed by atoms with Crippen LogP contribution in [0.2, 0.25) is 0 Å². The van der Waals surface area contributed by atoms with Crippen molar-refractivity contribution in [3.05, 3.63) is 16.6 Å². The Kier molecular flexibility index (Phi) is 4.95. The highest BCUT2D eigenvalue weighted by molar-refractivity contribution is 7.07. The zero-order valence-electron chi connectivity index (χ0n) is 10.9. The third kappa shape index (κ3) is 4.05. The average Bonchev–Trinajstić information content (AvgIpc) is 2.83. The smallest absolute Gasteiger partial charge is 0.0794 e. The molecule has 0 spiro atoms. The van der Waals surface area contributed by atoms with Crippen LogP contribution in [0.15, 0.2) is 10.9 Å². The Labute approximate surface area is 108 Å². The highest BCUT2D eigenvalue weighted by Gasteiger charge is 2.19. The van der Waals surface area contributed by atoms with Crippen LogP contribution in [0.1, 0.15) is 32.4 Å². The van der Waals surface area contributed by atoms with E-state index in [-0.39, 0.29) is 0 Å². The maximum atomic E-state index is 4.30. The van der Waals surface area contributed by atoms with Crippen LogP contribution in [0.25, 0.3) is 0 Å². The Hall–Kier alpha value is -0.450. The third-order valence-corrected chi connectivity index (χ3v) is 4.19. The lowest BCUT2D eigenvalue weighted by Gasteiger charge is -2.35. The van der Waals surface area contributed by atoms with Gasteiger partial charge in [0.2, 0.25) is 0 Å². The van der Waals surface area contributed by atoms with Gasteiger partial charge in [-0.2, -0.15) is 0 Å². The summed E-state index contributed by atoms with van der Waals surface area (Å²) in [6.07, 6.45) is 3.64. The van der Waals surface area contributed by atoms with Crippen LogP contribution in [-0.4, -0.2) is 41.6 Å². The first-order valence-electron chi connectivity index (χ1n) is 6.60. The molecule has 1 saturated heterocycles. The highest BCUT2D eigenvalue weighted by atomic mass is 32.1. The second kappa shape index (κ2) is 6.47. The second-order valence-electron chi connectivity index (χ2n) is 5.09. The van der Waals surface area contributed by atoms with Gasteiger partial charge in [-0.05, 0) is 39.8 Å². The summed E-state index contributed by atoms with van der Waals surface area (Å²) in [5.74, 6) is 0. The standard InChI is InChI=1S/C13H23N3S/c1-11(2)16-7-4-12(5-8-16)14-6-3-13-9-17-10-15-13/h9-12,14H,3-8H2,1-2H3. The van der Waals surface area contributed by atoms with Crippen LogP contribution >= 0.6 is 11.3 Å². The van der Waals surface area contributed by atoms with Gasteiger partial charge in [0, 0.05) is 30.4 Å². The molecule has 1 N–H and O–H groups in total. The van der Waals surface area contributed by atoms with E-state index < -0.39 is 0 Å². The van der Waals surface area contributed by atoms with E-state index in [0.29, 0.717) is 12.1 Å². The van der Waals surface area contributed by atoms with Crippen molar-refractivity contribution in [3.63, 3.8) is 0 Å². The van der Waals surface area contributed by atoms with Crippen LogP contribution in [-0.2, 0) is 6.42 Å². The molecule has 0 saturated carbocycles. The summed E-state index contributed by atoms with van der Waals surface area (Å²) >= 11 is 1.68. The molecule has 96 valence electrons. The van der Waals surface area contributed by atoms with Crippen molar-refractivity contribution in [2.24, 2.45) is 0 Å². The SMILES string of the molecule is CC(C)N1CCC(NCCc2cscn2)CC1.